The van der Waals surface area contributed by atoms with Crippen molar-refractivity contribution in [2.24, 2.45) is 0 Å². The molecule has 1 fully saturated rings. The van der Waals surface area contributed by atoms with E-state index in [2.05, 4.69) is 5.32 Å². The number of carbonyl (C=O) groups excluding carboxylic acids is 2. The highest BCUT2D eigenvalue weighted by Gasteiger charge is 2.18. The Morgan fingerprint density at radius 2 is 2.27 bits per heavy atom. The molecule has 1 rings (SSSR count). The molecule has 0 aliphatic carbocycles. The van der Waals surface area contributed by atoms with Crippen molar-refractivity contribution in [3.63, 3.8) is 0 Å². The number of carbonyl (C=O) groups is 2. The minimum Gasteiger partial charge on any atom is -0.396 e. The van der Waals surface area contributed by atoms with Crippen molar-refractivity contribution < 1.29 is 14.7 Å². The molecular weight excluding hydrogens is 196 g/mol. The number of amides is 2. The Labute approximate surface area is 89.4 Å². The van der Waals surface area contributed by atoms with Gasteiger partial charge in [0.15, 0.2) is 0 Å². The molecule has 0 radical (unpaired) electrons. The highest BCUT2D eigenvalue weighted by atomic mass is 16.3. The summed E-state index contributed by atoms with van der Waals surface area (Å²) in [5, 5.41) is 11.3. The van der Waals surface area contributed by atoms with Gasteiger partial charge < -0.3 is 15.3 Å². The molecule has 5 heteroatoms. The molecule has 2 N–H and O–H groups in total. The number of hydrogen-bond acceptors (Lipinski definition) is 3. The van der Waals surface area contributed by atoms with Gasteiger partial charge in [0.2, 0.25) is 11.8 Å². The fourth-order valence-electron chi connectivity index (χ4n) is 1.57. The van der Waals surface area contributed by atoms with Gasteiger partial charge in [0.05, 0.1) is 6.54 Å². The molecule has 0 bridgehead atoms. The zero-order valence-corrected chi connectivity index (χ0v) is 8.87. The normalized spacial score (nSPS) is 17.1. The average Bonchev–Trinajstić information content (AvgIpc) is 2.43. The third-order valence-electron chi connectivity index (χ3n) is 2.41. The van der Waals surface area contributed by atoms with Crippen LogP contribution in [0.5, 0.6) is 0 Å². The second-order valence-electron chi connectivity index (χ2n) is 3.70. The average molecular weight is 214 g/mol. The van der Waals surface area contributed by atoms with E-state index < -0.39 is 0 Å². The van der Waals surface area contributed by atoms with Gasteiger partial charge in [-0.3, -0.25) is 9.59 Å². The molecule has 1 aliphatic rings. The Bertz CT molecular complexity index is 231. The summed E-state index contributed by atoms with van der Waals surface area (Å²) in [6.07, 6.45) is 2.57. The zero-order chi connectivity index (χ0) is 11.1. The van der Waals surface area contributed by atoms with Crippen LogP contribution in [-0.4, -0.2) is 48.1 Å². The molecule has 0 aromatic rings. The summed E-state index contributed by atoms with van der Waals surface area (Å²) in [4.78, 5) is 24.4. The summed E-state index contributed by atoms with van der Waals surface area (Å²) in [5.41, 5.74) is 0. The molecule has 0 saturated carbocycles. The van der Waals surface area contributed by atoms with Crippen LogP contribution in [0.1, 0.15) is 25.7 Å². The molecule has 1 heterocycles. The SMILES string of the molecule is O=C1CN(C(=O)CCCCO)CCCN1. The lowest BCUT2D eigenvalue weighted by Gasteiger charge is -2.18. The molecular formula is C10H18N2O3. The fourth-order valence-corrected chi connectivity index (χ4v) is 1.57. The molecule has 1 saturated heterocycles. The predicted molar refractivity (Wildman–Crippen MR) is 55.1 cm³/mol. The van der Waals surface area contributed by atoms with Gasteiger partial charge in [-0.1, -0.05) is 0 Å². The van der Waals surface area contributed by atoms with E-state index in [4.69, 9.17) is 5.11 Å². The van der Waals surface area contributed by atoms with Crippen LogP contribution in [0.4, 0.5) is 0 Å². The van der Waals surface area contributed by atoms with Crippen LogP contribution in [0, 0.1) is 0 Å². The molecule has 0 spiro atoms. The van der Waals surface area contributed by atoms with E-state index in [0.29, 0.717) is 32.4 Å². The van der Waals surface area contributed by atoms with Gasteiger partial charge >= 0.3 is 0 Å². The van der Waals surface area contributed by atoms with Crippen molar-refractivity contribution in [3.8, 4) is 0 Å². The summed E-state index contributed by atoms with van der Waals surface area (Å²) in [7, 11) is 0. The predicted octanol–water partition coefficient (Wildman–Crippen LogP) is -0.503. The summed E-state index contributed by atoms with van der Waals surface area (Å²) >= 11 is 0. The maximum atomic E-state index is 11.6. The highest BCUT2D eigenvalue weighted by Crippen LogP contribution is 2.03. The topological polar surface area (TPSA) is 69.6 Å². The van der Waals surface area contributed by atoms with Gasteiger partial charge in [-0.05, 0) is 19.3 Å². The van der Waals surface area contributed by atoms with Gasteiger partial charge in [0.1, 0.15) is 0 Å². The first-order valence-corrected chi connectivity index (χ1v) is 5.39. The number of nitrogens with zero attached hydrogens (tertiary/aromatic N) is 1. The summed E-state index contributed by atoms with van der Waals surface area (Å²) in [6.45, 7) is 1.60. The van der Waals surface area contributed by atoms with Gasteiger partial charge in [0, 0.05) is 26.1 Å². The maximum absolute atomic E-state index is 11.6. The third-order valence-corrected chi connectivity index (χ3v) is 2.41. The second-order valence-corrected chi connectivity index (χ2v) is 3.70. The molecule has 0 atom stereocenters. The van der Waals surface area contributed by atoms with Crippen LogP contribution in [0.2, 0.25) is 0 Å². The highest BCUT2D eigenvalue weighted by molar-refractivity contribution is 5.85. The van der Waals surface area contributed by atoms with Crippen molar-refractivity contribution in [1.82, 2.24) is 10.2 Å². The van der Waals surface area contributed by atoms with Gasteiger partial charge in [-0.15, -0.1) is 0 Å². The van der Waals surface area contributed by atoms with E-state index in [0.717, 1.165) is 6.42 Å². The lowest BCUT2D eigenvalue weighted by molar-refractivity contribution is -0.135. The second kappa shape index (κ2) is 6.40. The first kappa shape index (κ1) is 12.0. The van der Waals surface area contributed by atoms with Crippen LogP contribution in [0.3, 0.4) is 0 Å². The quantitative estimate of drug-likeness (QED) is 0.620. The molecule has 86 valence electrons. The van der Waals surface area contributed by atoms with E-state index in [1.165, 1.54) is 0 Å². The molecule has 15 heavy (non-hydrogen) atoms. The van der Waals surface area contributed by atoms with Crippen molar-refractivity contribution in [2.75, 3.05) is 26.2 Å². The summed E-state index contributed by atoms with van der Waals surface area (Å²) < 4.78 is 0. The first-order chi connectivity index (χ1) is 7.24. The van der Waals surface area contributed by atoms with Crippen LogP contribution < -0.4 is 5.32 Å². The minimum absolute atomic E-state index is 0.0144. The number of aliphatic hydroxyl groups is 1. The number of unbranched alkanes of at least 4 members (excludes halogenated alkanes) is 1. The maximum Gasteiger partial charge on any atom is 0.239 e. The largest absolute Gasteiger partial charge is 0.396 e. The van der Waals surface area contributed by atoms with Crippen LogP contribution in [-0.2, 0) is 9.59 Å². The van der Waals surface area contributed by atoms with Crippen molar-refractivity contribution in [3.05, 3.63) is 0 Å². The molecule has 0 aromatic carbocycles. The fraction of sp³-hybridized carbons (Fsp3) is 0.800. The first-order valence-electron chi connectivity index (χ1n) is 5.39. The Morgan fingerprint density at radius 1 is 1.47 bits per heavy atom. The lowest BCUT2D eigenvalue weighted by Crippen LogP contribution is -2.37. The van der Waals surface area contributed by atoms with Crippen molar-refractivity contribution in [1.29, 1.82) is 0 Å². The Balaban J connectivity index is 2.33. The summed E-state index contributed by atoms with van der Waals surface area (Å²) in [6, 6.07) is 0. The minimum atomic E-state index is -0.0805. The van der Waals surface area contributed by atoms with Crippen LogP contribution in [0.25, 0.3) is 0 Å². The van der Waals surface area contributed by atoms with E-state index in [-0.39, 0.29) is 25.0 Å². The number of hydrogen-bond donors (Lipinski definition) is 2. The summed E-state index contributed by atoms with van der Waals surface area (Å²) in [5.74, 6) is -0.0662. The number of rotatable bonds is 4. The Morgan fingerprint density at radius 3 is 3.00 bits per heavy atom. The molecule has 2 amide bonds. The lowest BCUT2D eigenvalue weighted by atomic mass is 10.2. The third kappa shape index (κ3) is 4.29. The molecule has 0 aromatic heterocycles. The molecule has 5 nitrogen and oxygen atoms in total. The van der Waals surface area contributed by atoms with Crippen LogP contribution in [0.15, 0.2) is 0 Å². The van der Waals surface area contributed by atoms with E-state index in [9.17, 15) is 9.59 Å². The van der Waals surface area contributed by atoms with Crippen molar-refractivity contribution in [2.45, 2.75) is 25.7 Å². The Hall–Kier alpha value is -1.10. The van der Waals surface area contributed by atoms with Gasteiger partial charge in [-0.2, -0.15) is 0 Å². The van der Waals surface area contributed by atoms with Crippen LogP contribution >= 0.6 is 0 Å². The van der Waals surface area contributed by atoms with E-state index in [1.54, 1.807) is 4.90 Å². The smallest absolute Gasteiger partial charge is 0.239 e. The van der Waals surface area contributed by atoms with Gasteiger partial charge in [0.25, 0.3) is 0 Å². The van der Waals surface area contributed by atoms with Gasteiger partial charge in [-0.25, -0.2) is 0 Å². The standard InChI is InChI=1S/C10H18N2O3/c13-7-2-1-4-10(15)12-6-3-5-11-9(14)8-12/h13H,1-8H2,(H,11,14). The number of aliphatic hydroxyl groups excluding tert-OH is 1. The Kier molecular flexibility index (Phi) is 5.10. The molecule has 0 unspecified atom stereocenters. The van der Waals surface area contributed by atoms with E-state index in [1.807, 2.05) is 0 Å². The van der Waals surface area contributed by atoms with Crippen molar-refractivity contribution >= 4 is 11.8 Å². The monoisotopic (exact) mass is 214 g/mol. The molecule has 1 aliphatic heterocycles. The number of nitrogens with one attached hydrogen (secondary N) is 1. The van der Waals surface area contributed by atoms with E-state index >= 15 is 0 Å². The zero-order valence-electron chi connectivity index (χ0n) is 8.87.